The zero-order valence-electron chi connectivity index (χ0n) is 12.2. The van der Waals surface area contributed by atoms with Crippen LogP contribution in [0.4, 0.5) is 0 Å². The molecule has 1 saturated heterocycles. The molecule has 3 heterocycles. The number of nitrogens with two attached hydrogens (primary N) is 1. The molecule has 1 fully saturated rings. The first-order valence-corrected chi connectivity index (χ1v) is 7.50. The summed E-state index contributed by atoms with van der Waals surface area (Å²) in [6.07, 6.45) is 5.46. The van der Waals surface area contributed by atoms with Gasteiger partial charge < -0.3 is 15.2 Å². The standard InChI is InChI=1S/C15H20N4O2/c1-2-13-12-7-10(9-17-14(12)21-18-13)15(20)19-6-4-3-5-11(19)8-16/h7,9,11H,2-6,8,16H2,1H3. The highest BCUT2D eigenvalue weighted by Gasteiger charge is 2.27. The normalized spacial score (nSPS) is 19.1. The number of fused-ring (bicyclic) bond motifs is 1. The number of hydrogen-bond donors (Lipinski definition) is 1. The van der Waals surface area contributed by atoms with Crippen LogP contribution in [0.25, 0.3) is 11.1 Å². The predicted molar refractivity (Wildman–Crippen MR) is 78.9 cm³/mol. The van der Waals surface area contributed by atoms with E-state index in [4.69, 9.17) is 10.3 Å². The minimum absolute atomic E-state index is 0.00260. The van der Waals surface area contributed by atoms with Crippen molar-refractivity contribution in [3.63, 3.8) is 0 Å². The van der Waals surface area contributed by atoms with Crippen LogP contribution in [-0.4, -0.2) is 40.1 Å². The Balaban J connectivity index is 1.93. The summed E-state index contributed by atoms with van der Waals surface area (Å²) in [6.45, 7) is 3.28. The molecule has 6 heteroatoms. The molecule has 1 atom stereocenters. The van der Waals surface area contributed by atoms with Gasteiger partial charge >= 0.3 is 0 Å². The first-order valence-electron chi connectivity index (χ1n) is 7.50. The fourth-order valence-corrected chi connectivity index (χ4v) is 2.93. The van der Waals surface area contributed by atoms with Crippen LogP contribution in [0.3, 0.4) is 0 Å². The number of piperidine rings is 1. The molecule has 2 N–H and O–H groups in total. The molecule has 3 rings (SSSR count). The van der Waals surface area contributed by atoms with E-state index in [1.54, 1.807) is 6.20 Å². The maximum Gasteiger partial charge on any atom is 0.257 e. The topological polar surface area (TPSA) is 85.2 Å². The highest BCUT2D eigenvalue weighted by Crippen LogP contribution is 2.22. The fourth-order valence-electron chi connectivity index (χ4n) is 2.93. The van der Waals surface area contributed by atoms with E-state index in [2.05, 4.69) is 10.1 Å². The monoisotopic (exact) mass is 288 g/mol. The second kappa shape index (κ2) is 5.81. The summed E-state index contributed by atoms with van der Waals surface area (Å²) in [5, 5.41) is 4.80. The van der Waals surface area contributed by atoms with Crippen molar-refractivity contribution in [1.29, 1.82) is 0 Å². The van der Waals surface area contributed by atoms with Crippen molar-refractivity contribution in [3.05, 3.63) is 23.5 Å². The van der Waals surface area contributed by atoms with Gasteiger partial charge in [0.1, 0.15) is 0 Å². The average molecular weight is 288 g/mol. The Hall–Kier alpha value is -1.95. The zero-order valence-corrected chi connectivity index (χ0v) is 12.2. The third-order valence-corrected chi connectivity index (χ3v) is 4.15. The van der Waals surface area contributed by atoms with E-state index in [0.29, 0.717) is 17.8 Å². The predicted octanol–water partition coefficient (Wildman–Crippen LogP) is 1.74. The molecule has 0 spiro atoms. The summed E-state index contributed by atoms with van der Waals surface area (Å²) in [5.41, 5.74) is 7.70. The van der Waals surface area contributed by atoms with E-state index in [1.165, 1.54) is 0 Å². The number of carbonyl (C=O) groups is 1. The smallest absolute Gasteiger partial charge is 0.257 e. The number of rotatable bonds is 3. The molecular formula is C15H20N4O2. The van der Waals surface area contributed by atoms with E-state index in [0.717, 1.165) is 43.3 Å². The Morgan fingerprint density at radius 3 is 3.14 bits per heavy atom. The summed E-state index contributed by atoms with van der Waals surface area (Å²) in [4.78, 5) is 18.8. The molecule has 0 aliphatic carbocycles. The molecule has 0 bridgehead atoms. The van der Waals surface area contributed by atoms with Gasteiger partial charge in [0.15, 0.2) is 0 Å². The molecule has 1 aliphatic heterocycles. The SMILES string of the molecule is CCc1noc2ncc(C(=O)N3CCCCC3CN)cc12. The molecule has 2 aromatic rings. The zero-order chi connectivity index (χ0) is 14.8. The Morgan fingerprint density at radius 1 is 1.52 bits per heavy atom. The summed E-state index contributed by atoms with van der Waals surface area (Å²) in [6, 6.07) is 1.97. The molecule has 112 valence electrons. The van der Waals surface area contributed by atoms with Crippen molar-refractivity contribution in [3.8, 4) is 0 Å². The van der Waals surface area contributed by atoms with Crippen molar-refractivity contribution in [2.45, 2.75) is 38.6 Å². The Labute approximate surface area is 123 Å². The maximum atomic E-state index is 12.7. The summed E-state index contributed by atoms with van der Waals surface area (Å²) in [7, 11) is 0. The highest BCUT2D eigenvalue weighted by atomic mass is 16.5. The van der Waals surface area contributed by atoms with Crippen molar-refractivity contribution < 1.29 is 9.32 Å². The summed E-state index contributed by atoms with van der Waals surface area (Å²) >= 11 is 0. The molecule has 1 amide bonds. The van der Waals surface area contributed by atoms with Crippen LogP contribution in [0.5, 0.6) is 0 Å². The van der Waals surface area contributed by atoms with Crippen molar-refractivity contribution in [1.82, 2.24) is 15.0 Å². The highest BCUT2D eigenvalue weighted by molar-refractivity contribution is 5.97. The Bertz CT molecular complexity index is 652. The van der Waals surface area contributed by atoms with E-state index in [9.17, 15) is 4.79 Å². The molecule has 2 aromatic heterocycles. The first kappa shape index (κ1) is 14.0. The summed E-state index contributed by atoms with van der Waals surface area (Å²) < 4.78 is 5.16. The molecular weight excluding hydrogens is 268 g/mol. The van der Waals surface area contributed by atoms with E-state index < -0.39 is 0 Å². The van der Waals surface area contributed by atoms with E-state index in [-0.39, 0.29) is 11.9 Å². The van der Waals surface area contributed by atoms with Gasteiger partial charge in [-0.05, 0) is 31.7 Å². The second-order valence-electron chi connectivity index (χ2n) is 5.44. The van der Waals surface area contributed by atoms with Crippen LogP contribution in [0.15, 0.2) is 16.8 Å². The lowest BCUT2D eigenvalue weighted by molar-refractivity contribution is 0.0623. The number of carbonyl (C=O) groups excluding carboxylic acids is 1. The van der Waals surface area contributed by atoms with Crippen LogP contribution in [0, 0.1) is 0 Å². The number of amides is 1. The molecule has 0 saturated carbocycles. The third kappa shape index (κ3) is 2.51. The largest absolute Gasteiger partial charge is 0.336 e. The molecule has 0 aromatic carbocycles. The minimum Gasteiger partial charge on any atom is -0.336 e. The minimum atomic E-state index is 0.00260. The molecule has 21 heavy (non-hydrogen) atoms. The number of pyridine rings is 1. The van der Waals surface area contributed by atoms with Crippen LogP contribution in [0.1, 0.15) is 42.2 Å². The van der Waals surface area contributed by atoms with E-state index >= 15 is 0 Å². The lowest BCUT2D eigenvalue weighted by atomic mass is 10.0. The molecule has 1 aliphatic rings. The number of aryl methyl sites for hydroxylation is 1. The van der Waals surface area contributed by atoms with Gasteiger partial charge in [0.25, 0.3) is 11.6 Å². The van der Waals surface area contributed by atoms with Crippen LogP contribution in [-0.2, 0) is 6.42 Å². The Morgan fingerprint density at radius 2 is 2.38 bits per heavy atom. The molecule has 0 radical (unpaired) electrons. The van der Waals surface area contributed by atoms with Gasteiger partial charge in [-0.3, -0.25) is 4.79 Å². The van der Waals surface area contributed by atoms with Gasteiger partial charge in [-0.2, -0.15) is 0 Å². The quantitative estimate of drug-likeness (QED) is 0.929. The van der Waals surface area contributed by atoms with Crippen LogP contribution >= 0.6 is 0 Å². The Kier molecular flexibility index (Phi) is 3.88. The van der Waals surface area contributed by atoms with Crippen molar-refractivity contribution in [2.24, 2.45) is 5.73 Å². The number of hydrogen-bond acceptors (Lipinski definition) is 5. The first-order chi connectivity index (χ1) is 10.2. The van der Waals surface area contributed by atoms with Gasteiger partial charge in [-0.1, -0.05) is 12.1 Å². The molecule has 6 nitrogen and oxygen atoms in total. The van der Waals surface area contributed by atoms with Gasteiger partial charge in [-0.25, -0.2) is 4.98 Å². The number of aromatic nitrogens is 2. The fraction of sp³-hybridized carbons (Fsp3) is 0.533. The lowest BCUT2D eigenvalue weighted by Crippen LogP contribution is -2.47. The maximum absolute atomic E-state index is 12.7. The third-order valence-electron chi connectivity index (χ3n) is 4.15. The van der Waals surface area contributed by atoms with Gasteiger partial charge in [0.2, 0.25) is 0 Å². The molecule has 1 unspecified atom stereocenters. The average Bonchev–Trinajstić information content (AvgIpc) is 2.96. The van der Waals surface area contributed by atoms with E-state index in [1.807, 2.05) is 17.9 Å². The lowest BCUT2D eigenvalue weighted by Gasteiger charge is -2.35. The number of nitrogens with zero attached hydrogens (tertiary/aromatic N) is 3. The van der Waals surface area contributed by atoms with Gasteiger partial charge in [-0.15, -0.1) is 0 Å². The van der Waals surface area contributed by atoms with Gasteiger partial charge in [0, 0.05) is 25.3 Å². The van der Waals surface area contributed by atoms with Crippen LogP contribution in [0.2, 0.25) is 0 Å². The van der Waals surface area contributed by atoms with Crippen LogP contribution < -0.4 is 5.73 Å². The number of likely N-dealkylation sites (tertiary alicyclic amines) is 1. The summed E-state index contributed by atoms with van der Waals surface area (Å²) in [5.74, 6) is 0.00260. The van der Waals surface area contributed by atoms with Gasteiger partial charge in [0.05, 0.1) is 16.6 Å². The van der Waals surface area contributed by atoms with Crippen molar-refractivity contribution >= 4 is 17.0 Å². The van der Waals surface area contributed by atoms with Crippen molar-refractivity contribution in [2.75, 3.05) is 13.1 Å². The second-order valence-corrected chi connectivity index (χ2v) is 5.44.